The van der Waals surface area contributed by atoms with Gasteiger partial charge in [0, 0.05) is 18.9 Å². The van der Waals surface area contributed by atoms with Crippen molar-refractivity contribution < 1.29 is 4.79 Å². The van der Waals surface area contributed by atoms with Gasteiger partial charge in [0.05, 0.1) is 6.42 Å². The third-order valence-corrected chi connectivity index (χ3v) is 3.15. The number of nitrogens with zero attached hydrogens (tertiary/aromatic N) is 1. The summed E-state index contributed by atoms with van der Waals surface area (Å²) in [4.78, 5) is 15.6. The molecule has 1 saturated heterocycles. The first-order chi connectivity index (χ1) is 8.34. The van der Waals surface area contributed by atoms with Crippen molar-refractivity contribution in [2.45, 2.75) is 19.3 Å². The number of hydrogen-bond donors (Lipinski definition) is 2. The molecule has 0 bridgehead atoms. The van der Waals surface area contributed by atoms with Crippen LogP contribution in [-0.4, -0.2) is 30.5 Å². The second-order valence-corrected chi connectivity index (χ2v) is 4.53. The lowest BCUT2D eigenvalue weighted by atomic mass is 10.1. The lowest BCUT2D eigenvalue weighted by molar-refractivity contribution is -0.120. The highest BCUT2D eigenvalue weighted by molar-refractivity contribution is 5.78. The van der Waals surface area contributed by atoms with Crippen LogP contribution in [-0.2, 0) is 11.2 Å². The van der Waals surface area contributed by atoms with Crippen LogP contribution in [0.1, 0.15) is 18.4 Å². The molecular weight excluding hydrogens is 214 g/mol. The number of carbonyl (C=O) groups excluding carboxylic acids is 1. The van der Waals surface area contributed by atoms with Gasteiger partial charge in [-0.25, -0.2) is 0 Å². The van der Waals surface area contributed by atoms with Crippen LogP contribution >= 0.6 is 0 Å². The third kappa shape index (κ3) is 4.15. The summed E-state index contributed by atoms with van der Waals surface area (Å²) in [6, 6.07) is 3.75. The van der Waals surface area contributed by atoms with Gasteiger partial charge in [-0.1, -0.05) is 0 Å². The largest absolute Gasteiger partial charge is 0.356 e. The number of rotatable bonds is 5. The highest BCUT2D eigenvalue weighted by Gasteiger charge is 2.13. The van der Waals surface area contributed by atoms with E-state index in [4.69, 9.17) is 0 Å². The number of hydrogen-bond acceptors (Lipinski definition) is 3. The van der Waals surface area contributed by atoms with Gasteiger partial charge in [0.2, 0.25) is 5.91 Å². The summed E-state index contributed by atoms with van der Waals surface area (Å²) in [5.74, 6) is 0.832. The normalized spacial score (nSPS) is 19.2. The summed E-state index contributed by atoms with van der Waals surface area (Å²) in [6.07, 6.45) is 6.19. The molecule has 1 aliphatic rings. The zero-order valence-corrected chi connectivity index (χ0v) is 9.98. The predicted octanol–water partition coefficient (Wildman–Crippen LogP) is 0.740. The lowest BCUT2D eigenvalue weighted by Crippen LogP contribution is -2.27. The van der Waals surface area contributed by atoms with Gasteiger partial charge in [0.1, 0.15) is 0 Å². The lowest BCUT2D eigenvalue weighted by Gasteiger charge is -2.09. The second-order valence-electron chi connectivity index (χ2n) is 4.53. The van der Waals surface area contributed by atoms with E-state index in [2.05, 4.69) is 15.6 Å². The van der Waals surface area contributed by atoms with Crippen LogP contribution in [0, 0.1) is 5.92 Å². The monoisotopic (exact) mass is 233 g/mol. The van der Waals surface area contributed by atoms with Crippen molar-refractivity contribution in [2.75, 3.05) is 19.6 Å². The maximum Gasteiger partial charge on any atom is 0.224 e. The fraction of sp³-hybridized carbons (Fsp3) is 0.538. The molecule has 0 aliphatic carbocycles. The van der Waals surface area contributed by atoms with Crippen LogP contribution < -0.4 is 10.6 Å². The predicted molar refractivity (Wildman–Crippen MR) is 66.5 cm³/mol. The van der Waals surface area contributed by atoms with Gasteiger partial charge in [-0.2, -0.15) is 0 Å². The average Bonchev–Trinajstić information content (AvgIpc) is 2.83. The molecule has 92 valence electrons. The van der Waals surface area contributed by atoms with Gasteiger partial charge in [-0.3, -0.25) is 9.78 Å². The molecular formula is C13H19N3O. The van der Waals surface area contributed by atoms with Crippen molar-refractivity contribution >= 4 is 5.91 Å². The van der Waals surface area contributed by atoms with E-state index >= 15 is 0 Å². The van der Waals surface area contributed by atoms with Gasteiger partial charge in [-0.05, 0) is 49.5 Å². The molecule has 0 radical (unpaired) electrons. The molecule has 17 heavy (non-hydrogen) atoms. The van der Waals surface area contributed by atoms with Gasteiger partial charge >= 0.3 is 0 Å². The Morgan fingerprint density at radius 1 is 1.47 bits per heavy atom. The van der Waals surface area contributed by atoms with E-state index in [-0.39, 0.29) is 5.91 Å². The van der Waals surface area contributed by atoms with Crippen LogP contribution in [0.5, 0.6) is 0 Å². The maximum atomic E-state index is 11.6. The fourth-order valence-electron chi connectivity index (χ4n) is 2.13. The van der Waals surface area contributed by atoms with Crippen LogP contribution in [0.2, 0.25) is 0 Å². The number of pyridine rings is 1. The molecule has 1 atom stereocenters. The number of aromatic nitrogens is 1. The summed E-state index contributed by atoms with van der Waals surface area (Å²) in [5, 5.41) is 6.30. The molecule has 1 aromatic rings. The van der Waals surface area contributed by atoms with Crippen molar-refractivity contribution in [1.29, 1.82) is 0 Å². The topological polar surface area (TPSA) is 54.0 Å². The standard InChI is InChI=1S/C13H19N3O/c17-13(9-11-1-5-14-6-2-11)16-8-4-12-3-7-15-10-12/h1-2,5-6,12,15H,3-4,7-10H2,(H,16,17). The minimum Gasteiger partial charge on any atom is -0.356 e. The number of nitrogens with one attached hydrogen (secondary N) is 2. The van der Waals surface area contributed by atoms with E-state index in [0.29, 0.717) is 6.42 Å². The summed E-state index contributed by atoms with van der Waals surface area (Å²) < 4.78 is 0. The molecule has 1 fully saturated rings. The SMILES string of the molecule is O=C(Cc1ccncc1)NCCC1CCNC1. The van der Waals surface area contributed by atoms with Crippen LogP contribution in [0.3, 0.4) is 0 Å². The van der Waals surface area contributed by atoms with Crippen molar-refractivity contribution in [3.05, 3.63) is 30.1 Å². The second kappa shape index (κ2) is 6.35. The van der Waals surface area contributed by atoms with E-state index in [1.165, 1.54) is 6.42 Å². The third-order valence-electron chi connectivity index (χ3n) is 3.15. The molecule has 2 rings (SSSR count). The molecule has 2 heterocycles. The molecule has 4 nitrogen and oxygen atoms in total. The Labute approximate surface area is 102 Å². The first kappa shape index (κ1) is 12.0. The van der Waals surface area contributed by atoms with E-state index in [1.807, 2.05) is 12.1 Å². The Kier molecular flexibility index (Phi) is 4.50. The molecule has 1 aliphatic heterocycles. The summed E-state index contributed by atoms with van der Waals surface area (Å²) in [6.45, 7) is 3.01. The fourth-order valence-corrected chi connectivity index (χ4v) is 2.13. The quantitative estimate of drug-likeness (QED) is 0.788. The number of amides is 1. The maximum absolute atomic E-state index is 11.6. The van der Waals surface area contributed by atoms with E-state index in [9.17, 15) is 4.79 Å². The Balaban J connectivity index is 1.64. The van der Waals surface area contributed by atoms with Crippen molar-refractivity contribution in [2.24, 2.45) is 5.92 Å². The Morgan fingerprint density at radius 3 is 3.00 bits per heavy atom. The summed E-state index contributed by atoms with van der Waals surface area (Å²) >= 11 is 0. The summed E-state index contributed by atoms with van der Waals surface area (Å²) in [5.41, 5.74) is 1.01. The van der Waals surface area contributed by atoms with E-state index < -0.39 is 0 Å². The van der Waals surface area contributed by atoms with E-state index in [0.717, 1.165) is 37.5 Å². The first-order valence-corrected chi connectivity index (χ1v) is 6.21. The Hall–Kier alpha value is -1.42. The molecule has 1 aromatic heterocycles. The van der Waals surface area contributed by atoms with Gasteiger partial charge in [-0.15, -0.1) is 0 Å². The van der Waals surface area contributed by atoms with Crippen molar-refractivity contribution in [1.82, 2.24) is 15.6 Å². The Morgan fingerprint density at radius 2 is 2.29 bits per heavy atom. The minimum atomic E-state index is 0.0992. The molecule has 4 heteroatoms. The first-order valence-electron chi connectivity index (χ1n) is 6.21. The molecule has 2 N–H and O–H groups in total. The molecule has 0 spiro atoms. The van der Waals surface area contributed by atoms with Gasteiger partial charge in [0.15, 0.2) is 0 Å². The highest BCUT2D eigenvalue weighted by Crippen LogP contribution is 2.10. The van der Waals surface area contributed by atoms with Crippen molar-refractivity contribution in [3.8, 4) is 0 Å². The minimum absolute atomic E-state index is 0.0992. The average molecular weight is 233 g/mol. The van der Waals surface area contributed by atoms with Crippen molar-refractivity contribution in [3.63, 3.8) is 0 Å². The number of carbonyl (C=O) groups is 1. The molecule has 0 saturated carbocycles. The van der Waals surface area contributed by atoms with Gasteiger partial charge < -0.3 is 10.6 Å². The molecule has 0 aromatic carbocycles. The van der Waals surface area contributed by atoms with Crippen LogP contribution in [0.4, 0.5) is 0 Å². The molecule has 1 unspecified atom stereocenters. The zero-order chi connectivity index (χ0) is 11.9. The Bertz CT molecular complexity index is 347. The van der Waals surface area contributed by atoms with E-state index in [1.54, 1.807) is 12.4 Å². The zero-order valence-electron chi connectivity index (χ0n) is 9.98. The summed E-state index contributed by atoms with van der Waals surface area (Å²) in [7, 11) is 0. The molecule has 1 amide bonds. The van der Waals surface area contributed by atoms with Crippen LogP contribution in [0.25, 0.3) is 0 Å². The smallest absolute Gasteiger partial charge is 0.224 e. The van der Waals surface area contributed by atoms with Crippen LogP contribution in [0.15, 0.2) is 24.5 Å². The highest BCUT2D eigenvalue weighted by atomic mass is 16.1. The van der Waals surface area contributed by atoms with Gasteiger partial charge in [0.25, 0.3) is 0 Å².